The van der Waals surface area contributed by atoms with Gasteiger partial charge >= 0.3 is 6.18 Å². The summed E-state index contributed by atoms with van der Waals surface area (Å²) in [6, 6.07) is 0. The molecule has 0 fully saturated rings. The summed E-state index contributed by atoms with van der Waals surface area (Å²) < 4.78 is 35.1. The molecule has 64 valence electrons. The van der Waals surface area contributed by atoms with Gasteiger partial charge in [-0.15, -0.1) is 6.42 Å². The zero-order chi connectivity index (χ0) is 8.91. The van der Waals surface area contributed by atoms with Crippen molar-refractivity contribution >= 4 is 0 Å². The minimum Gasteiger partial charge on any atom is -0.284 e. The summed E-state index contributed by atoms with van der Waals surface area (Å²) in [6.45, 7) is 1.09. The Morgan fingerprint density at radius 2 is 2.00 bits per heavy atom. The van der Waals surface area contributed by atoms with Crippen LogP contribution in [0.25, 0.3) is 0 Å². The van der Waals surface area contributed by atoms with Crippen molar-refractivity contribution in [1.82, 2.24) is 4.90 Å². The van der Waals surface area contributed by atoms with E-state index in [0.717, 1.165) is 4.90 Å². The van der Waals surface area contributed by atoms with Crippen LogP contribution in [-0.4, -0.2) is 30.7 Å². The monoisotopic (exact) mass is 165 g/mol. The quantitative estimate of drug-likeness (QED) is 0.573. The first-order valence-corrected chi connectivity index (χ1v) is 3.22. The molecule has 0 aromatic heterocycles. The molecule has 11 heavy (non-hydrogen) atoms. The molecule has 0 bridgehead atoms. The minimum atomic E-state index is -4.15. The van der Waals surface area contributed by atoms with Gasteiger partial charge in [-0.1, -0.05) is 12.8 Å². The van der Waals surface area contributed by atoms with Gasteiger partial charge in [-0.25, -0.2) is 0 Å². The maximum atomic E-state index is 11.7. The van der Waals surface area contributed by atoms with Crippen molar-refractivity contribution in [1.29, 1.82) is 0 Å². The molecule has 0 spiro atoms. The summed E-state index contributed by atoms with van der Waals surface area (Å²) in [5, 5.41) is 0. The molecule has 0 aliphatic heterocycles. The summed E-state index contributed by atoms with van der Waals surface area (Å²) in [4.78, 5) is 1.15. The van der Waals surface area contributed by atoms with Crippen LogP contribution in [0.4, 0.5) is 13.2 Å². The van der Waals surface area contributed by atoms with E-state index in [1.807, 2.05) is 0 Å². The van der Waals surface area contributed by atoms with E-state index in [-0.39, 0.29) is 6.54 Å². The number of halogens is 3. The molecule has 0 N–H and O–H groups in total. The molecule has 0 aliphatic rings. The van der Waals surface area contributed by atoms with Gasteiger partial charge in [-0.05, 0) is 6.54 Å². The van der Waals surface area contributed by atoms with E-state index in [1.54, 1.807) is 6.92 Å². The van der Waals surface area contributed by atoms with E-state index in [0.29, 0.717) is 6.54 Å². The Kier molecular flexibility index (Phi) is 3.98. The lowest BCUT2D eigenvalue weighted by atomic mass is 10.4. The van der Waals surface area contributed by atoms with Crippen LogP contribution >= 0.6 is 0 Å². The summed E-state index contributed by atoms with van der Waals surface area (Å²) in [5.74, 6) is 2.17. The van der Waals surface area contributed by atoms with E-state index in [2.05, 4.69) is 5.92 Å². The zero-order valence-corrected chi connectivity index (χ0v) is 6.28. The smallest absolute Gasteiger partial charge is 0.284 e. The molecule has 0 aliphatic carbocycles. The normalized spacial score (nSPS) is 11.6. The first kappa shape index (κ1) is 10.3. The standard InChI is InChI=1S/C7H10F3N/c1-3-5-11(4-2)6-7(8,9)10/h1H,4-6H2,2H3. The topological polar surface area (TPSA) is 3.24 Å². The number of nitrogens with zero attached hydrogens (tertiary/aromatic N) is 1. The van der Waals surface area contributed by atoms with Gasteiger partial charge in [-0.2, -0.15) is 13.2 Å². The van der Waals surface area contributed by atoms with Crippen molar-refractivity contribution in [2.45, 2.75) is 13.1 Å². The first-order chi connectivity index (χ1) is 4.99. The van der Waals surface area contributed by atoms with Crippen LogP contribution in [0.3, 0.4) is 0 Å². The predicted molar refractivity (Wildman–Crippen MR) is 37.0 cm³/mol. The molecule has 0 aromatic rings. The SMILES string of the molecule is C#CCN(CC)CC(F)(F)F. The molecule has 1 nitrogen and oxygen atoms in total. The highest BCUT2D eigenvalue weighted by atomic mass is 19.4. The van der Waals surface area contributed by atoms with Gasteiger partial charge in [0, 0.05) is 0 Å². The van der Waals surface area contributed by atoms with Crippen LogP contribution in [0.5, 0.6) is 0 Å². The highest BCUT2D eigenvalue weighted by molar-refractivity contribution is 4.88. The van der Waals surface area contributed by atoms with Crippen molar-refractivity contribution in [3.05, 3.63) is 0 Å². The number of terminal acetylenes is 1. The molecule has 0 saturated heterocycles. The summed E-state index contributed by atoms with van der Waals surface area (Å²) in [6.07, 6.45) is 0.719. The van der Waals surface area contributed by atoms with Gasteiger partial charge in [0.25, 0.3) is 0 Å². The Hall–Kier alpha value is -0.690. The molecule has 0 radical (unpaired) electrons. The van der Waals surface area contributed by atoms with Gasteiger partial charge in [0.05, 0.1) is 13.1 Å². The highest BCUT2D eigenvalue weighted by Gasteiger charge is 2.29. The third kappa shape index (κ3) is 5.74. The highest BCUT2D eigenvalue weighted by Crippen LogP contribution is 2.15. The van der Waals surface area contributed by atoms with Gasteiger partial charge in [0.1, 0.15) is 0 Å². The second-order valence-corrected chi connectivity index (χ2v) is 2.12. The Balaban J connectivity index is 3.80. The molecular formula is C7H10F3N. The van der Waals surface area contributed by atoms with Crippen LogP contribution in [-0.2, 0) is 0 Å². The van der Waals surface area contributed by atoms with Crippen molar-refractivity contribution in [3.8, 4) is 12.3 Å². The Bertz CT molecular complexity index is 145. The van der Waals surface area contributed by atoms with Gasteiger partial charge < -0.3 is 0 Å². The van der Waals surface area contributed by atoms with E-state index in [4.69, 9.17) is 6.42 Å². The largest absolute Gasteiger partial charge is 0.401 e. The molecule has 4 heteroatoms. The average molecular weight is 165 g/mol. The summed E-state index contributed by atoms with van der Waals surface area (Å²) >= 11 is 0. The lowest BCUT2D eigenvalue weighted by Crippen LogP contribution is -2.34. The fourth-order valence-corrected chi connectivity index (χ4v) is 0.662. The molecule has 0 heterocycles. The third-order valence-electron chi connectivity index (χ3n) is 1.16. The first-order valence-electron chi connectivity index (χ1n) is 3.22. The number of hydrogen-bond donors (Lipinski definition) is 0. The van der Waals surface area contributed by atoms with E-state index in [9.17, 15) is 13.2 Å². The van der Waals surface area contributed by atoms with Crippen molar-refractivity contribution in [2.24, 2.45) is 0 Å². The maximum absolute atomic E-state index is 11.7. The van der Waals surface area contributed by atoms with Crippen LogP contribution in [0.15, 0.2) is 0 Å². The van der Waals surface area contributed by atoms with E-state index < -0.39 is 12.7 Å². The molecule has 0 rings (SSSR count). The summed E-state index contributed by atoms with van der Waals surface area (Å²) in [7, 11) is 0. The van der Waals surface area contributed by atoms with Gasteiger partial charge in [0.2, 0.25) is 0 Å². The van der Waals surface area contributed by atoms with Crippen molar-refractivity contribution < 1.29 is 13.2 Å². The minimum absolute atomic E-state index is 0.0516. The second-order valence-electron chi connectivity index (χ2n) is 2.12. The summed E-state index contributed by atoms with van der Waals surface area (Å²) in [5.41, 5.74) is 0. The fourth-order valence-electron chi connectivity index (χ4n) is 0.662. The van der Waals surface area contributed by atoms with Crippen LogP contribution < -0.4 is 0 Å². The van der Waals surface area contributed by atoms with Crippen LogP contribution in [0.2, 0.25) is 0 Å². The van der Waals surface area contributed by atoms with E-state index >= 15 is 0 Å². The molecule has 0 unspecified atom stereocenters. The van der Waals surface area contributed by atoms with Gasteiger partial charge in [-0.3, -0.25) is 4.90 Å². The lowest BCUT2D eigenvalue weighted by Gasteiger charge is -2.18. The molecule has 0 aromatic carbocycles. The van der Waals surface area contributed by atoms with Crippen LogP contribution in [0, 0.1) is 12.3 Å². The van der Waals surface area contributed by atoms with Crippen LogP contribution in [0.1, 0.15) is 6.92 Å². The number of alkyl halides is 3. The van der Waals surface area contributed by atoms with E-state index in [1.165, 1.54) is 0 Å². The predicted octanol–water partition coefficient (Wildman–Crippen LogP) is 1.50. The Morgan fingerprint density at radius 1 is 1.45 bits per heavy atom. The third-order valence-corrected chi connectivity index (χ3v) is 1.16. The zero-order valence-electron chi connectivity index (χ0n) is 6.28. The molecule has 0 amide bonds. The maximum Gasteiger partial charge on any atom is 0.401 e. The average Bonchev–Trinajstić information content (AvgIpc) is 1.84. The lowest BCUT2D eigenvalue weighted by molar-refractivity contribution is -0.144. The Morgan fingerprint density at radius 3 is 2.27 bits per heavy atom. The molecule has 0 atom stereocenters. The second kappa shape index (κ2) is 4.24. The number of hydrogen-bond acceptors (Lipinski definition) is 1. The Labute approximate surface area is 64.2 Å². The molecular weight excluding hydrogens is 155 g/mol. The van der Waals surface area contributed by atoms with Crippen molar-refractivity contribution in [3.63, 3.8) is 0 Å². The van der Waals surface area contributed by atoms with Gasteiger partial charge in [0.15, 0.2) is 0 Å². The molecule has 0 saturated carbocycles. The van der Waals surface area contributed by atoms with Crippen molar-refractivity contribution in [2.75, 3.05) is 19.6 Å². The number of rotatable bonds is 3. The fraction of sp³-hybridized carbons (Fsp3) is 0.714.